The van der Waals surface area contributed by atoms with E-state index in [-0.39, 0.29) is 18.0 Å². The number of nitrogen functional groups attached to an aromatic ring is 1. The molecule has 2 rings (SSSR count). The molecule has 2 atom stereocenters. The molecule has 1 aromatic rings. The zero-order valence-corrected chi connectivity index (χ0v) is 10.6. The molecule has 4 N–H and O–H groups in total. The molecular weight excluding hydrogens is 228 g/mol. The second-order valence-electron chi connectivity index (χ2n) is 4.85. The second kappa shape index (κ2) is 5.35. The van der Waals surface area contributed by atoms with Crippen LogP contribution in [0.3, 0.4) is 0 Å². The van der Waals surface area contributed by atoms with Crippen LogP contribution in [0.5, 0.6) is 0 Å². The number of hydrogen-bond acceptors (Lipinski definition) is 4. The average molecular weight is 248 g/mol. The van der Waals surface area contributed by atoms with Crippen molar-refractivity contribution in [1.29, 1.82) is 5.41 Å². The SMILES string of the molecule is CN(c1cc(C(=N)N)ccn1)C1CCCCC1O. The van der Waals surface area contributed by atoms with Gasteiger partial charge < -0.3 is 15.7 Å². The highest BCUT2D eigenvalue weighted by molar-refractivity contribution is 5.95. The van der Waals surface area contributed by atoms with Gasteiger partial charge in [0.05, 0.1) is 12.1 Å². The van der Waals surface area contributed by atoms with Gasteiger partial charge in [-0.1, -0.05) is 12.8 Å². The first-order valence-electron chi connectivity index (χ1n) is 6.31. The van der Waals surface area contributed by atoms with Crippen molar-refractivity contribution in [2.45, 2.75) is 37.8 Å². The Labute approximate surface area is 107 Å². The summed E-state index contributed by atoms with van der Waals surface area (Å²) < 4.78 is 0. The normalized spacial score (nSPS) is 23.7. The number of aliphatic hydroxyl groups is 1. The highest BCUT2D eigenvalue weighted by Crippen LogP contribution is 2.25. The smallest absolute Gasteiger partial charge is 0.129 e. The van der Waals surface area contributed by atoms with Crippen LogP contribution in [0.15, 0.2) is 18.3 Å². The summed E-state index contributed by atoms with van der Waals surface area (Å²) in [5.41, 5.74) is 6.14. The van der Waals surface area contributed by atoms with Gasteiger partial charge in [0.15, 0.2) is 0 Å². The van der Waals surface area contributed by atoms with Crippen LogP contribution >= 0.6 is 0 Å². The van der Waals surface area contributed by atoms with Crippen molar-refractivity contribution >= 4 is 11.7 Å². The summed E-state index contributed by atoms with van der Waals surface area (Å²) in [6.45, 7) is 0. The third kappa shape index (κ3) is 2.61. The van der Waals surface area contributed by atoms with Crippen LogP contribution in [-0.4, -0.2) is 35.1 Å². The van der Waals surface area contributed by atoms with Crippen LogP contribution in [0.4, 0.5) is 5.82 Å². The van der Waals surface area contributed by atoms with E-state index in [0.717, 1.165) is 31.5 Å². The number of pyridine rings is 1. The van der Waals surface area contributed by atoms with Gasteiger partial charge in [0.1, 0.15) is 11.7 Å². The van der Waals surface area contributed by atoms with E-state index in [4.69, 9.17) is 11.1 Å². The Balaban J connectivity index is 2.19. The summed E-state index contributed by atoms with van der Waals surface area (Å²) in [7, 11) is 1.94. The molecule has 0 spiro atoms. The molecule has 18 heavy (non-hydrogen) atoms. The van der Waals surface area contributed by atoms with E-state index in [2.05, 4.69) is 4.98 Å². The lowest BCUT2D eigenvalue weighted by molar-refractivity contribution is 0.106. The Kier molecular flexibility index (Phi) is 3.81. The maximum Gasteiger partial charge on any atom is 0.129 e. The largest absolute Gasteiger partial charge is 0.391 e. The van der Waals surface area contributed by atoms with E-state index in [1.54, 1.807) is 18.3 Å². The lowest BCUT2D eigenvalue weighted by atomic mass is 9.91. The van der Waals surface area contributed by atoms with Gasteiger partial charge in [-0.25, -0.2) is 4.98 Å². The highest BCUT2D eigenvalue weighted by atomic mass is 16.3. The van der Waals surface area contributed by atoms with Gasteiger partial charge in [-0.2, -0.15) is 0 Å². The maximum atomic E-state index is 10.0. The molecule has 1 fully saturated rings. The standard InChI is InChI=1S/C13H20N4O/c1-17(10-4-2-3-5-11(10)18)12-8-9(13(14)15)6-7-16-12/h6-8,10-11,18H,2-5H2,1H3,(H3,14,15). The number of nitrogens with two attached hydrogens (primary N) is 1. The van der Waals surface area contributed by atoms with Crippen LogP contribution in [0.25, 0.3) is 0 Å². The number of rotatable bonds is 3. The van der Waals surface area contributed by atoms with Crippen molar-refractivity contribution in [2.24, 2.45) is 5.73 Å². The molecule has 0 aliphatic heterocycles. The van der Waals surface area contributed by atoms with Crippen LogP contribution in [0.1, 0.15) is 31.2 Å². The van der Waals surface area contributed by atoms with Crippen molar-refractivity contribution in [1.82, 2.24) is 4.98 Å². The number of anilines is 1. The molecule has 5 nitrogen and oxygen atoms in total. The Bertz CT molecular complexity index is 435. The predicted molar refractivity (Wildman–Crippen MR) is 71.9 cm³/mol. The van der Waals surface area contributed by atoms with Crippen molar-refractivity contribution in [3.8, 4) is 0 Å². The highest BCUT2D eigenvalue weighted by Gasteiger charge is 2.27. The first kappa shape index (κ1) is 12.8. The minimum absolute atomic E-state index is 0.0382. The van der Waals surface area contributed by atoms with Gasteiger partial charge in [-0.15, -0.1) is 0 Å². The van der Waals surface area contributed by atoms with E-state index in [0.29, 0.717) is 5.56 Å². The Morgan fingerprint density at radius 2 is 2.22 bits per heavy atom. The summed E-state index contributed by atoms with van der Waals surface area (Å²) in [6, 6.07) is 3.62. The number of amidine groups is 1. The predicted octanol–water partition coefficient (Wildman–Crippen LogP) is 1.11. The fourth-order valence-electron chi connectivity index (χ4n) is 2.49. The monoisotopic (exact) mass is 248 g/mol. The number of likely N-dealkylation sites (N-methyl/N-ethyl adjacent to an activating group) is 1. The fourth-order valence-corrected chi connectivity index (χ4v) is 2.49. The van der Waals surface area contributed by atoms with Gasteiger partial charge in [-0.3, -0.25) is 5.41 Å². The fraction of sp³-hybridized carbons (Fsp3) is 0.538. The Morgan fingerprint density at radius 3 is 2.89 bits per heavy atom. The molecule has 0 amide bonds. The number of nitrogens with zero attached hydrogens (tertiary/aromatic N) is 2. The number of aromatic nitrogens is 1. The Hall–Kier alpha value is -1.62. The molecule has 1 heterocycles. The van der Waals surface area contributed by atoms with Crippen molar-refractivity contribution in [3.05, 3.63) is 23.9 Å². The third-order valence-corrected chi connectivity index (χ3v) is 3.61. The summed E-state index contributed by atoms with van der Waals surface area (Å²) in [5.74, 6) is 0.796. The Morgan fingerprint density at radius 1 is 1.50 bits per heavy atom. The molecule has 2 unspecified atom stereocenters. The van der Waals surface area contributed by atoms with Crippen molar-refractivity contribution in [3.63, 3.8) is 0 Å². The zero-order valence-electron chi connectivity index (χ0n) is 10.6. The molecule has 1 aliphatic carbocycles. The maximum absolute atomic E-state index is 10.0. The van der Waals surface area contributed by atoms with Crippen molar-refractivity contribution in [2.75, 3.05) is 11.9 Å². The van der Waals surface area contributed by atoms with Gasteiger partial charge in [0.2, 0.25) is 0 Å². The lowest BCUT2D eigenvalue weighted by Crippen LogP contribution is -2.43. The topological polar surface area (TPSA) is 86.2 Å². The zero-order chi connectivity index (χ0) is 13.1. The lowest BCUT2D eigenvalue weighted by Gasteiger charge is -2.36. The van der Waals surface area contributed by atoms with E-state index >= 15 is 0 Å². The van der Waals surface area contributed by atoms with Gasteiger partial charge in [0.25, 0.3) is 0 Å². The number of aliphatic hydroxyl groups excluding tert-OH is 1. The van der Waals surface area contributed by atoms with E-state index in [9.17, 15) is 5.11 Å². The van der Waals surface area contributed by atoms with Gasteiger partial charge >= 0.3 is 0 Å². The van der Waals surface area contributed by atoms with E-state index in [1.807, 2.05) is 11.9 Å². The first-order valence-corrected chi connectivity index (χ1v) is 6.31. The molecule has 1 aliphatic rings. The minimum atomic E-state index is -0.300. The molecule has 5 heteroatoms. The average Bonchev–Trinajstić information content (AvgIpc) is 2.38. The summed E-state index contributed by atoms with van der Waals surface area (Å²) in [4.78, 5) is 6.29. The minimum Gasteiger partial charge on any atom is -0.391 e. The van der Waals surface area contributed by atoms with Crippen LogP contribution in [0, 0.1) is 5.41 Å². The number of nitrogens with one attached hydrogen (secondary N) is 1. The molecule has 1 aromatic heterocycles. The van der Waals surface area contributed by atoms with E-state index in [1.165, 1.54) is 0 Å². The second-order valence-corrected chi connectivity index (χ2v) is 4.85. The van der Waals surface area contributed by atoms with Crippen molar-refractivity contribution < 1.29 is 5.11 Å². The third-order valence-electron chi connectivity index (χ3n) is 3.61. The summed E-state index contributed by atoms with van der Waals surface area (Å²) in [5, 5.41) is 17.5. The molecule has 0 radical (unpaired) electrons. The number of hydrogen-bond donors (Lipinski definition) is 3. The molecule has 0 aromatic carbocycles. The molecule has 0 bridgehead atoms. The van der Waals surface area contributed by atoms with Crippen LogP contribution in [0.2, 0.25) is 0 Å². The van der Waals surface area contributed by atoms with Gasteiger partial charge in [0, 0.05) is 18.8 Å². The molecule has 98 valence electrons. The van der Waals surface area contributed by atoms with E-state index < -0.39 is 0 Å². The van der Waals surface area contributed by atoms with Crippen LogP contribution < -0.4 is 10.6 Å². The first-order chi connectivity index (χ1) is 8.59. The van der Waals surface area contributed by atoms with Crippen LogP contribution in [-0.2, 0) is 0 Å². The summed E-state index contributed by atoms with van der Waals surface area (Å²) in [6.07, 6.45) is 5.40. The molecule has 0 saturated heterocycles. The van der Waals surface area contributed by atoms with Gasteiger partial charge in [-0.05, 0) is 25.0 Å². The summed E-state index contributed by atoms with van der Waals surface area (Å²) >= 11 is 0. The molecular formula is C13H20N4O. The molecule has 1 saturated carbocycles. The quantitative estimate of drug-likeness (QED) is 0.552.